The van der Waals surface area contributed by atoms with Crippen molar-refractivity contribution in [2.75, 3.05) is 12.4 Å². The van der Waals surface area contributed by atoms with Gasteiger partial charge in [-0.3, -0.25) is 10.1 Å². The zero-order chi connectivity index (χ0) is 9.97. The number of hydrogen-bond acceptors (Lipinski definition) is 3. The average molecular weight is 188 g/mol. The molecule has 0 fully saturated rings. The van der Waals surface area contributed by atoms with Crippen LogP contribution in [0.25, 0.3) is 11.3 Å². The molecule has 0 atom stereocenters. The van der Waals surface area contributed by atoms with Crippen LogP contribution in [0.2, 0.25) is 0 Å². The van der Waals surface area contributed by atoms with Crippen LogP contribution in [-0.2, 0) is 0 Å². The normalized spacial score (nSPS) is 10.1. The van der Waals surface area contributed by atoms with Crippen LogP contribution in [0, 0.1) is 6.92 Å². The van der Waals surface area contributed by atoms with Gasteiger partial charge in [-0.2, -0.15) is 5.10 Å². The van der Waals surface area contributed by atoms with Crippen LogP contribution in [-0.4, -0.2) is 22.2 Å². The zero-order valence-electron chi connectivity index (χ0n) is 8.20. The van der Waals surface area contributed by atoms with Gasteiger partial charge in [0.1, 0.15) is 0 Å². The number of aromatic amines is 1. The minimum absolute atomic E-state index is 0.886. The van der Waals surface area contributed by atoms with Gasteiger partial charge in [0.05, 0.1) is 5.69 Å². The summed E-state index contributed by atoms with van der Waals surface area (Å²) < 4.78 is 0. The van der Waals surface area contributed by atoms with E-state index in [4.69, 9.17) is 0 Å². The Morgan fingerprint density at radius 2 is 2.00 bits per heavy atom. The van der Waals surface area contributed by atoms with E-state index in [2.05, 4.69) is 20.5 Å². The maximum absolute atomic E-state index is 4.15. The number of hydrogen-bond donors (Lipinski definition) is 2. The third kappa shape index (κ3) is 1.35. The van der Waals surface area contributed by atoms with E-state index in [0.717, 1.165) is 22.6 Å². The van der Waals surface area contributed by atoms with E-state index >= 15 is 0 Å². The number of anilines is 1. The van der Waals surface area contributed by atoms with Crippen molar-refractivity contribution in [3.8, 4) is 11.3 Å². The molecule has 4 nitrogen and oxygen atoms in total. The number of pyridine rings is 1. The molecule has 0 saturated carbocycles. The molecular formula is C10H12N4. The lowest BCUT2D eigenvalue weighted by atomic mass is 10.1. The Morgan fingerprint density at radius 1 is 1.29 bits per heavy atom. The highest BCUT2D eigenvalue weighted by atomic mass is 15.2. The summed E-state index contributed by atoms with van der Waals surface area (Å²) >= 11 is 0. The fourth-order valence-corrected chi connectivity index (χ4v) is 1.44. The van der Waals surface area contributed by atoms with Crippen LogP contribution in [0.1, 0.15) is 5.56 Å². The van der Waals surface area contributed by atoms with Crippen LogP contribution < -0.4 is 5.32 Å². The van der Waals surface area contributed by atoms with Crippen LogP contribution in [0.5, 0.6) is 0 Å². The molecule has 2 aromatic rings. The third-order valence-corrected chi connectivity index (χ3v) is 2.22. The molecule has 0 radical (unpaired) electrons. The molecule has 0 aromatic carbocycles. The molecule has 72 valence electrons. The highest BCUT2D eigenvalue weighted by Gasteiger charge is 2.08. The summed E-state index contributed by atoms with van der Waals surface area (Å²) in [6.07, 6.45) is 3.54. The topological polar surface area (TPSA) is 53.6 Å². The Hall–Kier alpha value is -1.84. The van der Waals surface area contributed by atoms with Gasteiger partial charge in [0.25, 0.3) is 0 Å². The molecule has 2 aromatic heterocycles. The first kappa shape index (κ1) is 8.74. The predicted molar refractivity (Wildman–Crippen MR) is 56.1 cm³/mol. The monoisotopic (exact) mass is 188 g/mol. The molecule has 0 unspecified atom stereocenters. The number of nitrogens with zero attached hydrogens (tertiary/aromatic N) is 2. The first-order valence-electron chi connectivity index (χ1n) is 4.46. The Kier molecular flexibility index (Phi) is 2.18. The van der Waals surface area contributed by atoms with Crippen molar-refractivity contribution in [1.82, 2.24) is 15.2 Å². The Morgan fingerprint density at radius 3 is 2.57 bits per heavy atom. The van der Waals surface area contributed by atoms with Crippen molar-refractivity contribution >= 4 is 5.82 Å². The van der Waals surface area contributed by atoms with Gasteiger partial charge in [-0.1, -0.05) is 0 Å². The Balaban J connectivity index is 2.48. The number of aromatic nitrogens is 3. The SMILES string of the molecule is CNc1n[nH]c(-c2ccncc2)c1C. The summed E-state index contributed by atoms with van der Waals surface area (Å²) in [7, 11) is 1.86. The largest absolute Gasteiger partial charge is 0.371 e. The summed E-state index contributed by atoms with van der Waals surface area (Å²) in [6.45, 7) is 2.03. The summed E-state index contributed by atoms with van der Waals surface area (Å²) in [5.41, 5.74) is 3.27. The van der Waals surface area contributed by atoms with Crippen molar-refractivity contribution in [3.63, 3.8) is 0 Å². The minimum Gasteiger partial charge on any atom is -0.371 e. The average Bonchev–Trinajstić information content (AvgIpc) is 2.61. The highest BCUT2D eigenvalue weighted by Crippen LogP contribution is 2.24. The molecule has 0 saturated heterocycles. The second kappa shape index (κ2) is 3.49. The number of nitrogens with one attached hydrogen (secondary N) is 2. The third-order valence-electron chi connectivity index (χ3n) is 2.22. The molecule has 14 heavy (non-hydrogen) atoms. The van der Waals surface area contributed by atoms with Gasteiger partial charge < -0.3 is 5.32 Å². The lowest BCUT2D eigenvalue weighted by Gasteiger charge is -1.98. The molecule has 0 aliphatic heterocycles. The van der Waals surface area contributed by atoms with Crippen molar-refractivity contribution < 1.29 is 0 Å². The molecule has 0 amide bonds. The van der Waals surface area contributed by atoms with Gasteiger partial charge in [0.2, 0.25) is 0 Å². The van der Waals surface area contributed by atoms with Crippen LogP contribution in [0.4, 0.5) is 5.82 Å². The molecule has 2 N–H and O–H groups in total. The van der Waals surface area contributed by atoms with E-state index in [9.17, 15) is 0 Å². The van der Waals surface area contributed by atoms with E-state index in [1.54, 1.807) is 12.4 Å². The van der Waals surface area contributed by atoms with Gasteiger partial charge in [0, 0.05) is 30.6 Å². The van der Waals surface area contributed by atoms with Gasteiger partial charge in [-0.15, -0.1) is 0 Å². The fraction of sp³-hybridized carbons (Fsp3) is 0.200. The van der Waals surface area contributed by atoms with Crippen LogP contribution >= 0.6 is 0 Å². The van der Waals surface area contributed by atoms with E-state index in [0.29, 0.717) is 0 Å². The summed E-state index contributed by atoms with van der Waals surface area (Å²) in [5.74, 6) is 0.886. The molecule has 0 aliphatic rings. The fourth-order valence-electron chi connectivity index (χ4n) is 1.44. The molecule has 0 bridgehead atoms. The number of H-pyrrole nitrogens is 1. The van der Waals surface area contributed by atoms with Crippen molar-refractivity contribution in [2.24, 2.45) is 0 Å². The van der Waals surface area contributed by atoms with E-state index in [-0.39, 0.29) is 0 Å². The van der Waals surface area contributed by atoms with Gasteiger partial charge in [-0.05, 0) is 19.1 Å². The van der Waals surface area contributed by atoms with Gasteiger partial charge >= 0.3 is 0 Å². The second-order valence-electron chi connectivity index (χ2n) is 3.06. The Bertz CT molecular complexity index is 419. The second-order valence-corrected chi connectivity index (χ2v) is 3.06. The maximum Gasteiger partial charge on any atom is 0.151 e. The molecule has 0 spiro atoms. The van der Waals surface area contributed by atoms with E-state index < -0.39 is 0 Å². The van der Waals surface area contributed by atoms with Crippen LogP contribution in [0.3, 0.4) is 0 Å². The standard InChI is InChI=1S/C10H12N4/c1-7-9(13-14-10(7)11-2)8-3-5-12-6-4-8/h3-6H,1-2H3,(H2,11,13,14). The maximum atomic E-state index is 4.15. The molecular weight excluding hydrogens is 176 g/mol. The highest BCUT2D eigenvalue weighted by molar-refractivity contribution is 5.67. The lowest BCUT2D eigenvalue weighted by molar-refractivity contribution is 1.09. The first-order chi connectivity index (χ1) is 6.83. The predicted octanol–water partition coefficient (Wildman–Crippen LogP) is 1.82. The van der Waals surface area contributed by atoms with Crippen molar-refractivity contribution in [2.45, 2.75) is 6.92 Å². The summed E-state index contributed by atoms with van der Waals surface area (Å²) in [6, 6.07) is 3.92. The minimum atomic E-state index is 0.886. The molecule has 2 heterocycles. The quantitative estimate of drug-likeness (QED) is 0.755. The van der Waals surface area contributed by atoms with Crippen molar-refractivity contribution in [1.29, 1.82) is 0 Å². The first-order valence-corrected chi connectivity index (χ1v) is 4.46. The van der Waals surface area contributed by atoms with Gasteiger partial charge in [-0.25, -0.2) is 0 Å². The summed E-state index contributed by atoms with van der Waals surface area (Å²) in [4.78, 5) is 3.98. The van der Waals surface area contributed by atoms with Crippen molar-refractivity contribution in [3.05, 3.63) is 30.1 Å². The lowest BCUT2D eigenvalue weighted by Crippen LogP contribution is -1.89. The van der Waals surface area contributed by atoms with E-state index in [1.807, 2.05) is 26.1 Å². The zero-order valence-corrected chi connectivity index (χ0v) is 8.20. The van der Waals surface area contributed by atoms with Gasteiger partial charge in [0.15, 0.2) is 5.82 Å². The van der Waals surface area contributed by atoms with Crippen LogP contribution in [0.15, 0.2) is 24.5 Å². The van der Waals surface area contributed by atoms with E-state index in [1.165, 1.54) is 0 Å². The molecule has 4 heteroatoms. The smallest absolute Gasteiger partial charge is 0.151 e. The molecule has 2 rings (SSSR count). The number of rotatable bonds is 2. The molecule has 0 aliphatic carbocycles. The summed E-state index contributed by atoms with van der Waals surface area (Å²) in [5, 5.41) is 10.2. The Labute approximate surface area is 82.4 Å².